The molecule has 0 amide bonds. The van der Waals surface area contributed by atoms with E-state index < -0.39 is 0 Å². The fourth-order valence-corrected chi connectivity index (χ4v) is 3.46. The van der Waals surface area contributed by atoms with Gasteiger partial charge in [-0.05, 0) is 26.2 Å². The Morgan fingerprint density at radius 1 is 1.64 bits per heavy atom. The molecule has 0 radical (unpaired) electrons. The fourth-order valence-electron chi connectivity index (χ4n) is 1.89. The van der Waals surface area contributed by atoms with Crippen molar-refractivity contribution in [2.45, 2.75) is 32.2 Å². The molecule has 0 aromatic carbocycles. The van der Waals surface area contributed by atoms with Gasteiger partial charge in [-0.25, -0.2) is 4.98 Å². The second-order valence-electron chi connectivity index (χ2n) is 3.77. The van der Waals surface area contributed by atoms with E-state index in [1.54, 1.807) is 11.3 Å². The van der Waals surface area contributed by atoms with Gasteiger partial charge in [-0.15, -0.1) is 11.3 Å². The van der Waals surface area contributed by atoms with Gasteiger partial charge in [0.2, 0.25) is 0 Å². The first-order chi connectivity index (χ1) is 6.81. The van der Waals surface area contributed by atoms with Crippen LogP contribution in [0.25, 0.3) is 0 Å². The number of thiazole rings is 1. The van der Waals surface area contributed by atoms with Crippen LogP contribution in [0.5, 0.6) is 0 Å². The van der Waals surface area contributed by atoms with Crippen LogP contribution in [0.1, 0.15) is 25.0 Å². The van der Waals surface area contributed by atoms with Crippen LogP contribution in [0.4, 0.5) is 5.13 Å². The van der Waals surface area contributed by atoms with Crippen LogP contribution >= 0.6 is 27.3 Å². The normalized spacial score (nSPS) is 22.7. The minimum absolute atomic E-state index is 0.647. The Morgan fingerprint density at radius 2 is 2.50 bits per heavy atom. The topological polar surface area (TPSA) is 16.1 Å². The van der Waals surface area contributed by atoms with E-state index in [2.05, 4.69) is 38.1 Å². The van der Waals surface area contributed by atoms with E-state index in [0.717, 1.165) is 11.0 Å². The lowest BCUT2D eigenvalue weighted by molar-refractivity contribution is 0.490. The number of piperidine rings is 1. The number of alkyl halides is 1. The van der Waals surface area contributed by atoms with E-state index in [0.29, 0.717) is 6.04 Å². The smallest absolute Gasteiger partial charge is 0.185 e. The molecule has 1 aliphatic heterocycles. The molecular formula is C10H15BrN2S. The van der Waals surface area contributed by atoms with E-state index in [9.17, 15) is 0 Å². The van der Waals surface area contributed by atoms with Gasteiger partial charge in [-0.3, -0.25) is 0 Å². The molecule has 0 bridgehead atoms. The van der Waals surface area contributed by atoms with Crippen molar-refractivity contribution >= 4 is 32.4 Å². The zero-order chi connectivity index (χ0) is 9.97. The monoisotopic (exact) mass is 274 g/mol. The number of hydrogen-bond acceptors (Lipinski definition) is 3. The maximum Gasteiger partial charge on any atom is 0.185 e. The number of halogens is 1. The fraction of sp³-hybridized carbons (Fsp3) is 0.700. The van der Waals surface area contributed by atoms with E-state index in [1.165, 1.54) is 30.9 Å². The molecule has 2 rings (SSSR count). The first-order valence-corrected chi connectivity index (χ1v) is 7.06. The highest BCUT2D eigenvalue weighted by molar-refractivity contribution is 9.09. The molecule has 0 N–H and O–H groups in total. The standard InChI is InChI=1S/C10H15BrN2S/c1-8-7-14-10(12-8)13-5-3-2-4-9(13)6-11/h7,9H,2-6H2,1H3. The molecule has 0 spiro atoms. The van der Waals surface area contributed by atoms with Crippen LogP contribution in [0, 0.1) is 6.92 Å². The number of aromatic nitrogens is 1. The molecule has 0 aliphatic carbocycles. The summed E-state index contributed by atoms with van der Waals surface area (Å²) in [6.07, 6.45) is 3.96. The van der Waals surface area contributed by atoms with E-state index in [1.807, 2.05) is 0 Å². The zero-order valence-electron chi connectivity index (χ0n) is 8.37. The van der Waals surface area contributed by atoms with Crippen molar-refractivity contribution in [3.8, 4) is 0 Å². The first kappa shape index (κ1) is 10.4. The summed E-state index contributed by atoms with van der Waals surface area (Å²) in [6.45, 7) is 3.23. The summed E-state index contributed by atoms with van der Waals surface area (Å²) in [6, 6.07) is 0.647. The molecule has 1 atom stereocenters. The van der Waals surface area contributed by atoms with Gasteiger partial charge < -0.3 is 4.90 Å². The second-order valence-corrected chi connectivity index (χ2v) is 5.25. The van der Waals surface area contributed by atoms with Crippen molar-refractivity contribution in [1.29, 1.82) is 0 Å². The number of nitrogens with zero attached hydrogens (tertiary/aromatic N) is 2. The van der Waals surface area contributed by atoms with Gasteiger partial charge in [-0.1, -0.05) is 15.9 Å². The van der Waals surface area contributed by atoms with Gasteiger partial charge in [0.1, 0.15) is 0 Å². The first-order valence-electron chi connectivity index (χ1n) is 5.06. The summed E-state index contributed by atoms with van der Waals surface area (Å²) < 4.78 is 0. The van der Waals surface area contributed by atoms with Crippen molar-refractivity contribution in [2.24, 2.45) is 0 Å². The molecule has 2 nitrogen and oxygen atoms in total. The van der Waals surface area contributed by atoms with Gasteiger partial charge in [0.15, 0.2) is 5.13 Å². The molecule has 1 unspecified atom stereocenters. The summed E-state index contributed by atoms with van der Waals surface area (Å²) in [5.74, 6) is 0. The largest absolute Gasteiger partial charge is 0.344 e. The highest BCUT2D eigenvalue weighted by atomic mass is 79.9. The molecule has 1 aromatic rings. The molecule has 2 heterocycles. The molecule has 1 saturated heterocycles. The van der Waals surface area contributed by atoms with Gasteiger partial charge in [-0.2, -0.15) is 0 Å². The Kier molecular flexibility index (Phi) is 3.44. The molecular weight excluding hydrogens is 260 g/mol. The Hall–Kier alpha value is -0.0900. The van der Waals surface area contributed by atoms with Crippen LogP contribution in [-0.4, -0.2) is 22.9 Å². The molecule has 78 valence electrons. The Bertz CT molecular complexity index is 300. The summed E-state index contributed by atoms with van der Waals surface area (Å²) in [4.78, 5) is 7.01. The molecule has 4 heteroatoms. The van der Waals surface area contributed by atoms with Gasteiger partial charge in [0.25, 0.3) is 0 Å². The Labute approximate surface area is 97.5 Å². The lowest BCUT2D eigenvalue weighted by atomic mass is 10.0. The average molecular weight is 275 g/mol. The van der Waals surface area contributed by atoms with Crippen LogP contribution in [-0.2, 0) is 0 Å². The van der Waals surface area contributed by atoms with Crippen molar-refractivity contribution < 1.29 is 0 Å². The third-order valence-corrected chi connectivity index (χ3v) is 4.40. The molecule has 1 aromatic heterocycles. The lowest BCUT2D eigenvalue weighted by Gasteiger charge is -2.34. The van der Waals surface area contributed by atoms with Crippen molar-refractivity contribution in [3.63, 3.8) is 0 Å². The Balaban J connectivity index is 2.14. The van der Waals surface area contributed by atoms with E-state index in [-0.39, 0.29) is 0 Å². The van der Waals surface area contributed by atoms with Crippen LogP contribution in [0.15, 0.2) is 5.38 Å². The SMILES string of the molecule is Cc1csc(N2CCCCC2CBr)n1. The van der Waals surface area contributed by atoms with Crippen LogP contribution in [0.3, 0.4) is 0 Å². The summed E-state index contributed by atoms with van der Waals surface area (Å²) in [5, 5.41) is 4.40. The quantitative estimate of drug-likeness (QED) is 0.770. The van der Waals surface area contributed by atoms with Crippen molar-refractivity contribution in [3.05, 3.63) is 11.1 Å². The van der Waals surface area contributed by atoms with Gasteiger partial charge in [0, 0.05) is 23.3 Å². The van der Waals surface area contributed by atoms with Crippen LogP contribution < -0.4 is 4.90 Å². The predicted molar refractivity (Wildman–Crippen MR) is 65.6 cm³/mol. The Morgan fingerprint density at radius 3 is 3.14 bits per heavy atom. The molecule has 1 aliphatic rings. The highest BCUT2D eigenvalue weighted by Crippen LogP contribution is 2.28. The second kappa shape index (κ2) is 4.62. The zero-order valence-corrected chi connectivity index (χ0v) is 10.8. The molecule has 14 heavy (non-hydrogen) atoms. The number of rotatable bonds is 2. The maximum atomic E-state index is 4.56. The lowest BCUT2D eigenvalue weighted by Crippen LogP contribution is -2.40. The minimum Gasteiger partial charge on any atom is -0.344 e. The number of hydrogen-bond donors (Lipinski definition) is 0. The van der Waals surface area contributed by atoms with Gasteiger partial charge >= 0.3 is 0 Å². The van der Waals surface area contributed by atoms with Crippen molar-refractivity contribution in [2.75, 3.05) is 16.8 Å². The third kappa shape index (κ3) is 2.11. The molecule has 0 saturated carbocycles. The summed E-state index contributed by atoms with van der Waals surface area (Å²) in [5.41, 5.74) is 1.14. The van der Waals surface area contributed by atoms with Crippen LogP contribution in [0.2, 0.25) is 0 Å². The highest BCUT2D eigenvalue weighted by Gasteiger charge is 2.23. The maximum absolute atomic E-state index is 4.56. The van der Waals surface area contributed by atoms with E-state index >= 15 is 0 Å². The van der Waals surface area contributed by atoms with E-state index in [4.69, 9.17) is 0 Å². The predicted octanol–water partition coefficient (Wildman–Crippen LogP) is 3.21. The average Bonchev–Trinajstić information content (AvgIpc) is 2.65. The molecule has 1 fully saturated rings. The summed E-state index contributed by atoms with van der Waals surface area (Å²) >= 11 is 5.36. The number of aryl methyl sites for hydroxylation is 1. The third-order valence-electron chi connectivity index (χ3n) is 2.66. The summed E-state index contributed by atoms with van der Waals surface area (Å²) in [7, 11) is 0. The van der Waals surface area contributed by atoms with Gasteiger partial charge in [0.05, 0.1) is 5.69 Å². The van der Waals surface area contributed by atoms with Crippen molar-refractivity contribution in [1.82, 2.24) is 4.98 Å². The number of anilines is 1. The minimum atomic E-state index is 0.647.